The third-order valence-corrected chi connectivity index (χ3v) is 5.34. The minimum Gasteiger partial charge on any atom is -0.466 e. The van der Waals surface area contributed by atoms with Crippen molar-refractivity contribution >= 4 is 34.9 Å². The van der Waals surface area contributed by atoms with E-state index in [0.717, 1.165) is 16.8 Å². The van der Waals surface area contributed by atoms with E-state index in [-0.39, 0.29) is 5.91 Å². The molecule has 150 valence electrons. The summed E-state index contributed by atoms with van der Waals surface area (Å²) in [5, 5.41) is 6.60. The van der Waals surface area contributed by atoms with Crippen LogP contribution in [-0.4, -0.2) is 36.0 Å². The first kappa shape index (κ1) is 20.5. The summed E-state index contributed by atoms with van der Waals surface area (Å²) >= 11 is 5.39. The van der Waals surface area contributed by atoms with Gasteiger partial charge >= 0.3 is 5.97 Å². The molecule has 2 aromatic rings. The topological polar surface area (TPSA) is 70.7 Å². The van der Waals surface area contributed by atoms with Gasteiger partial charge in [0.2, 0.25) is 0 Å². The predicted molar refractivity (Wildman–Crippen MR) is 117 cm³/mol. The van der Waals surface area contributed by atoms with Crippen molar-refractivity contribution in [2.75, 3.05) is 19.5 Å². The molecule has 0 bridgehead atoms. The van der Waals surface area contributed by atoms with E-state index in [1.807, 2.05) is 44.2 Å². The maximum Gasteiger partial charge on any atom is 0.337 e. The summed E-state index contributed by atoms with van der Waals surface area (Å²) in [7, 11) is 3.15. The molecule has 7 heteroatoms. The van der Waals surface area contributed by atoms with E-state index in [1.165, 1.54) is 7.11 Å². The average molecular weight is 410 g/mol. The minimum atomic E-state index is -0.470. The smallest absolute Gasteiger partial charge is 0.337 e. The quantitative estimate of drug-likeness (QED) is 0.594. The molecule has 3 rings (SSSR count). The molecule has 6 nitrogen and oxygen atoms in total. The zero-order valence-corrected chi connectivity index (χ0v) is 17.6. The molecule has 0 saturated carbocycles. The first-order chi connectivity index (χ1) is 13.8. The second kappa shape index (κ2) is 8.45. The fourth-order valence-corrected chi connectivity index (χ4v) is 3.42. The number of esters is 1. The standard InChI is InChI=1S/C22H23N3O3S/c1-13-8-10-15(11-9-13)20(26)23-17-7-5-6-16(12-17)19-18(21(27)28-4)14(2)25(3)22(29)24-19/h5-12,19H,1-4H3,(H,23,26)(H,24,29)/t19-/m0/s1. The van der Waals surface area contributed by atoms with E-state index in [2.05, 4.69) is 10.6 Å². The number of hydrogen-bond acceptors (Lipinski definition) is 4. The Morgan fingerprint density at radius 1 is 1.14 bits per heavy atom. The number of hydrogen-bond donors (Lipinski definition) is 2. The van der Waals surface area contributed by atoms with Crippen molar-refractivity contribution in [3.05, 3.63) is 76.5 Å². The zero-order chi connectivity index (χ0) is 21.1. The third-order valence-electron chi connectivity index (χ3n) is 4.95. The largest absolute Gasteiger partial charge is 0.466 e. The van der Waals surface area contributed by atoms with Crippen LogP contribution in [0.25, 0.3) is 0 Å². The Hall–Kier alpha value is -3.19. The van der Waals surface area contributed by atoms with Gasteiger partial charge in [0.1, 0.15) is 0 Å². The SMILES string of the molecule is COC(=O)C1=C(C)N(C)C(=S)N[C@H]1c1cccc(NC(=O)c2ccc(C)cc2)c1. The second-order valence-electron chi connectivity index (χ2n) is 6.88. The predicted octanol–water partition coefficient (Wildman–Crippen LogP) is 3.56. The summed E-state index contributed by atoms with van der Waals surface area (Å²) in [6.07, 6.45) is 0. The molecule has 0 unspecified atom stereocenters. The lowest BCUT2D eigenvalue weighted by atomic mass is 9.95. The zero-order valence-electron chi connectivity index (χ0n) is 16.8. The molecule has 0 aliphatic carbocycles. The monoisotopic (exact) mass is 409 g/mol. The highest BCUT2D eigenvalue weighted by Gasteiger charge is 2.33. The lowest BCUT2D eigenvalue weighted by molar-refractivity contribution is -0.136. The van der Waals surface area contributed by atoms with Crippen molar-refractivity contribution < 1.29 is 14.3 Å². The van der Waals surface area contributed by atoms with Gasteiger partial charge in [-0.1, -0.05) is 29.8 Å². The number of aryl methyl sites for hydroxylation is 1. The Labute approximate surface area is 175 Å². The molecule has 2 N–H and O–H groups in total. The molecule has 1 atom stereocenters. The molecule has 1 amide bonds. The molecule has 0 radical (unpaired) electrons. The van der Waals surface area contributed by atoms with E-state index in [1.54, 1.807) is 30.1 Å². The van der Waals surface area contributed by atoms with Gasteiger partial charge in [-0.2, -0.15) is 0 Å². The van der Waals surface area contributed by atoms with Crippen molar-refractivity contribution in [2.45, 2.75) is 19.9 Å². The maximum absolute atomic E-state index is 12.5. The van der Waals surface area contributed by atoms with Crippen LogP contribution in [0.3, 0.4) is 0 Å². The fraction of sp³-hybridized carbons (Fsp3) is 0.227. The van der Waals surface area contributed by atoms with Gasteiger partial charge in [-0.3, -0.25) is 4.79 Å². The number of amides is 1. The van der Waals surface area contributed by atoms with Crippen LogP contribution < -0.4 is 10.6 Å². The number of nitrogens with one attached hydrogen (secondary N) is 2. The summed E-state index contributed by atoms with van der Waals surface area (Å²) in [5.41, 5.74) is 4.28. The fourth-order valence-electron chi connectivity index (χ4n) is 3.16. The van der Waals surface area contributed by atoms with Gasteiger partial charge in [0.15, 0.2) is 5.11 Å². The van der Waals surface area contributed by atoms with Gasteiger partial charge in [-0.15, -0.1) is 0 Å². The Kier molecular flexibility index (Phi) is 5.98. The number of thiocarbonyl (C=S) groups is 1. The summed E-state index contributed by atoms with van der Waals surface area (Å²) in [5.74, 6) is -0.627. The van der Waals surface area contributed by atoms with Crippen LogP contribution in [0.2, 0.25) is 0 Å². The number of benzene rings is 2. The molecule has 1 aliphatic rings. The van der Waals surface area contributed by atoms with Crippen LogP contribution in [0, 0.1) is 6.92 Å². The van der Waals surface area contributed by atoms with Gasteiger partial charge in [0, 0.05) is 24.0 Å². The molecule has 0 spiro atoms. The number of methoxy groups -OCH3 is 1. The Morgan fingerprint density at radius 2 is 1.83 bits per heavy atom. The number of nitrogens with zero attached hydrogens (tertiary/aromatic N) is 1. The van der Waals surface area contributed by atoms with Crippen molar-refractivity contribution in [2.24, 2.45) is 0 Å². The van der Waals surface area contributed by atoms with Crippen molar-refractivity contribution in [1.82, 2.24) is 10.2 Å². The van der Waals surface area contributed by atoms with Gasteiger partial charge < -0.3 is 20.3 Å². The molecule has 0 saturated heterocycles. The van der Waals surface area contributed by atoms with Gasteiger partial charge in [-0.05, 0) is 55.9 Å². The molecule has 1 heterocycles. The lowest BCUT2D eigenvalue weighted by Crippen LogP contribution is -2.46. The maximum atomic E-state index is 12.5. The first-order valence-corrected chi connectivity index (χ1v) is 9.54. The summed E-state index contributed by atoms with van der Waals surface area (Å²) < 4.78 is 4.98. The molecular weight excluding hydrogens is 386 g/mol. The summed E-state index contributed by atoms with van der Waals surface area (Å²) in [6, 6.07) is 14.2. The molecule has 0 fully saturated rings. The number of rotatable bonds is 4. The van der Waals surface area contributed by atoms with Crippen LogP contribution in [-0.2, 0) is 9.53 Å². The summed E-state index contributed by atoms with van der Waals surface area (Å²) in [6.45, 7) is 3.80. The number of carbonyl (C=O) groups is 2. The van der Waals surface area contributed by atoms with E-state index >= 15 is 0 Å². The molecule has 0 aromatic heterocycles. The van der Waals surface area contributed by atoms with E-state index in [9.17, 15) is 9.59 Å². The Morgan fingerprint density at radius 3 is 2.48 bits per heavy atom. The van der Waals surface area contributed by atoms with E-state index < -0.39 is 12.0 Å². The normalized spacial score (nSPS) is 16.3. The van der Waals surface area contributed by atoms with Crippen LogP contribution in [0.15, 0.2) is 59.8 Å². The van der Waals surface area contributed by atoms with E-state index in [4.69, 9.17) is 17.0 Å². The second-order valence-corrected chi connectivity index (χ2v) is 7.26. The van der Waals surface area contributed by atoms with Gasteiger partial charge in [0.05, 0.1) is 18.7 Å². The highest BCUT2D eigenvalue weighted by atomic mass is 32.1. The lowest BCUT2D eigenvalue weighted by Gasteiger charge is -2.35. The van der Waals surface area contributed by atoms with Crippen molar-refractivity contribution in [1.29, 1.82) is 0 Å². The van der Waals surface area contributed by atoms with E-state index in [0.29, 0.717) is 21.9 Å². The molecular formula is C22H23N3O3S. The number of ether oxygens (including phenoxy) is 1. The summed E-state index contributed by atoms with van der Waals surface area (Å²) in [4.78, 5) is 26.7. The highest BCUT2D eigenvalue weighted by Crippen LogP contribution is 2.31. The number of carbonyl (C=O) groups excluding carboxylic acids is 2. The molecule has 29 heavy (non-hydrogen) atoms. The van der Waals surface area contributed by atoms with Crippen molar-refractivity contribution in [3.63, 3.8) is 0 Å². The molecule has 2 aromatic carbocycles. The van der Waals surface area contributed by atoms with Crippen LogP contribution in [0.5, 0.6) is 0 Å². The van der Waals surface area contributed by atoms with Crippen LogP contribution in [0.1, 0.15) is 34.5 Å². The molecule has 1 aliphatic heterocycles. The number of anilines is 1. The number of allylic oxidation sites excluding steroid dienone is 1. The van der Waals surface area contributed by atoms with Crippen LogP contribution >= 0.6 is 12.2 Å². The van der Waals surface area contributed by atoms with Gasteiger partial charge in [0.25, 0.3) is 5.91 Å². The third kappa shape index (κ3) is 4.30. The minimum absolute atomic E-state index is 0.200. The van der Waals surface area contributed by atoms with Gasteiger partial charge in [-0.25, -0.2) is 4.79 Å². The van der Waals surface area contributed by atoms with Crippen molar-refractivity contribution in [3.8, 4) is 0 Å². The Bertz CT molecular complexity index is 999. The Balaban J connectivity index is 1.91. The average Bonchev–Trinajstić information content (AvgIpc) is 2.72. The first-order valence-electron chi connectivity index (χ1n) is 9.13. The highest BCUT2D eigenvalue weighted by molar-refractivity contribution is 7.80. The van der Waals surface area contributed by atoms with Crippen LogP contribution in [0.4, 0.5) is 5.69 Å².